The van der Waals surface area contributed by atoms with Crippen molar-refractivity contribution in [3.05, 3.63) is 88.5 Å². The van der Waals surface area contributed by atoms with Gasteiger partial charge in [-0.1, -0.05) is 24.3 Å². The molecule has 0 saturated carbocycles. The highest BCUT2D eigenvalue weighted by Crippen LogP contribution is 2.32. The number of para-hydroxylation sites is 1. The normalized spacial score (nSPS) is 13.2. The summed E-state index contributed by atoms with van der Waals surface area (Å²) >= 11 is 0. The Morgan fingerprint density at radius 2 is 1.82 bits per heavy atom. The number of non-ortho nitro benzene ring substituents is 1. The summed E-state index contributed by atoms with van der Waals surface area (Å²) in [7, 11) is -3.73. The molecule has 0 aliphatic carbocycles. The number of fused-ring (bicyclic) bond motifs is 1. The van der Waals surface area contributed by atoms with E-state index >= 15 is 0 Å². The Hall–Kier alpha value is -3.92. The van der Waals surface area contributed by atoms with E-state index in [1.165, 1.54) is 52.8 Å². The molecule has 0 fully saturated rings. The number of ether oxygens (including phenoxy) is 1. The number of rotatable bonds is 7. The van der Waals surface area contributed by atoms with Gasteiger partial charge in [-0.05, 0) is 54.8 Å². The molecule has 1 N–H and O–H groups in total. The second kappa shape index (κ2) is 9.29. The highest BCUT2D eigenvalue weighted by molar-refractivity contribution is 7.92. The fourth-order valence-corrected chi connectivity index (χ4v) is 5.17. The second-order valence-corrected chi connectivity index (χ2v) is 9.29. The van der Waals surface area contributed by atoms with Crippen LogP contribution in [0.15, 0.2) is 77.7 Å². The molecule has 1 aliphatic heterocycles. The van der Waals surface area contributed by atoms with E-state index in [0.717, 1.165) is 18.4 Å². The van der Waals surface area contributed by atoms with Crippen molar-refractivity contribution in [2.45, 2.75) is 17.7 Å². The van der Waals surface area contributed by atoms with Crippen molar-refractivity contribution in [2.24, 2.45) is 0 Å². The molecule has 0 atom stereocenters. The maximum Gasteiger partial charge on any atom is 0.271 e. The number of nitrogens with one attached hydrogen (secondary N) is 1. The van der Waals surface area contributed by atoms with Crippen LogP contribution in [-0.4, -0.2) is 32.4 Å². The molecule has 0 radical (unpaired) electrons. The number of aryl methyl sites for hydroxylation is 1. The van der Waals surface area contributed by atoms with E-state index in [1.54, 1.807) is 0 Å². The van der Waals surface area contributed by atoms with Crippen molar-refractivity contribution < 1.29 is 22.9 Å². The molecule has 10 heteroatoms. The second-order valence-electron chi connectivity index (χ2n) is 7.43. The van der Waals surface area contributed by atoms with E-state index in [4.69, 9.17) is 4.74 Å². The Morgan fingerprint density at radius 1 is 1.06 bits per heavy atom. The van der Waals surface area contributed by atoms with Crippen LogP contribution in [0, 0.1) is 10.1 Å². The van der Waals surface area contributed by atoms with Crippen LogP contribution in [0.2, 0.25) is 0 Å². The monoisotopic (exact) mass is 467 g/mol. The molecule has 4 rings (SSSR count). The van der Waals surface area contributed by atoms with Gasteiger partial charge in [-0.2, -0.15) is 0 Å². The molecule has 0 bridgehead atoms. The number of nitro groups is 1. The summed E-state index contributed by atoms with van der Waals surface area (Å²) in [5, 5.41) is 13.4. The van der Waals surface area contributed by atoms with Crippen LogP contribution in [0.5, 0.6) is 5.75 Å². The van der Waals surface area contributed by atoms with Crippen LogP contribution in [-0.2, 0) is 21.2 Å². The van der Waals surface area contributed by atoms with Gasteiger partial charge in [0.1, 0.15) is 5.75 Å². The van der Waals surface area contributed by atoms with Gasteiger partial charge in [0, 0.05) is 24.4 Å². The van der Waals surface area contributed by atoms with Crippen molar-refractivity contribution in [3.8, 4) is 5.75 Å². The first-order chi connectivity index (χ1) is 15.8. The molecule has 3 aromatic rings. The third-order valence-electron chi connectivity index (χ3n) is 5.19. The zero-order chi connectivity index (χ0) is 23.4. The summed E-state index contributed by atoms with van der Waals surface area (Å²) in [5.74, 6) is -0.181. The van der Waals surface area contributed by atoms with Crippen LogP contribution in [0.1, 0.15) is 12.0 Å². The van der Waals surface area contributed by atoms with Gasteiger partial charge in [0.05, 0.1) is 15.5 Å². The Morgan fingerprint density at radius 3 is 2.58 bits per heavy atom. The first kappa shape index (κ1) is 22.3. The highest BCUT2D eigenvalue weighted by atomic mass is 32.2. The molecule has 1 heterocycles. The SMILES string of the molecule is O=C(COc1ccc(S(=O)(=O)N2CCCc3ccccc32)cc1)Nc1cccc([N+](=O)[O-])c1. The molecular weight excluding hydrogens is 446 g/mol. The molecule has 1 aliphatic rings. The van der Waals surface area contributed by atoms with Gasteiger partial charge < -0.3 is 10.1 Å². The number of amides is 1. The molecule has 0 spiro atoms. The van der Waals surface area contributed by atoms with Crippen LogP contribution in [0.3, 0.4) is 0 Å². The lowest BCUT2D eigenvalue weighted by molar-refractivity contribution is -0.384. The Kier molecular flexibility index (Phi) is 6.27. The number of sulfonamides is 1. The summed E-state index contributed by atoms with van der Waals surface area (Å²) in [5.41, 5.74) is 1.84. The molecule has 3 aromatic carbocycles. The van der Waals surface area contributed by atoms with Crippen molar-refractivity contribution >= 4 is 33.0 Å². The summed E-state index contributed by atoms with van der Waals surface area (Å²) in [6.45, 7) is 0.0731. The van der Waals surface area contributed by atoms with Gasteiger partial charge in [-0.3, -0.25) is 19.2 Å². The summed E-state index contributed by atoms with van der Waals surface area (Å²) in [4.78, 5) is 22.5. The topological polar surface area (TPSA) is 119 Å². The maximum atomic E-state index is 13.2. The fourth-order valence-electron chi connectivity index (χ4n) is 3.63. The average molecular weight is 468 g/mol. The van der Waals surface area contributed by atoms with Crippen LogP contribution >= 0.6 is 0 Å². The van der Waals surface area contributed by atoms with Crippen LogP contribution < -0.4 is 14.4 Å². The lowest BCUT2D eigenvalue weighted by Crippen LogP contribution is -2.35. The lowest BCUT2D eigenvalue weighted by atomic mass is 10.0. The molecule has 9 nitrogen and oxygen atoms in total. The quantitative estimate of drug-likeness (QED) is 0.418. The molecule has 0 saturated heterocycles. The fraction of sp³-hybridized carbons (Fsp3) is 0.174. The van der Waals surface area contributed by atoms with Crippen molar-refractivity contribution in [1.82, 2.24) is 0 Å². The van der Waals surface area contributed by atoms with Gasteiger partial charge in [0.2, 0.25) is 0 Å². The predicted molar refractivity (Wildman–Crippen MR) is 123 cm³/mol. The first-order valence-electron chi connectivity index (χ1n) is 10.2. The van der Waals surface area contributed by atoms with Crippen molar-refractivity contribution in [1.29, 1.82) is 0 Å². The third-order valence-corrected chi connectivity index (χ3v) is 7.02. The molecule has 1 amide bonds. The van der Waals surface area contributed by atoms with Crippen molar-refractivity contribution in [2.75, 3.05) is 22.8 Å². The number of anilines is 2. The van der Waals surface area contributed by atoms with E-state index in [0.29, 0.717) is 18.0 Å². The third kappa shape index (κ3) is 4.96. The minimum atomic E-state index is -3.73. The number of nitro benzene ring substituents is 1. The summed E-state index contributed by atoms with van der Waals surface area (Å²) in [6.07, 6.45) is 1.59. The van der Waals surface area contributed by atoms with Crippen molar-refractivity contribution in [3.63, 3.8) is 0 Å². The lowest BCUT2D eigenvalue weighted by Gasteiger charge is -2.30. The number of nitrogens with zero attached hydrogens (tertiary/aromatic N) is 2. The summed E-state index contributed by atoms with van der Waals surface area (Å²) < 4.78 is 33.2. The average Bonchev–Trinajstić information content (AvgIpc) is 2.83. The van der Waals surface area contributed by atoms with Gasteiger partial charge in [0.15, 0.2) is 6.61 Å². The zero-order valence-corrected chi connectivity index (χ0v) is 18.3. The van der Waals surface area contributed by atoms with E-state index < -0.39 is 20.9 Å². The van der Waals surface area contributed by atoms with Gasteiger partial charge in [-0.25, -0.2) is 8.42 Å². The number of hydrogen-bond donors (Lipinski definition) is 1. The Balaban J connectivity index is 1.40. The molecule has 170 valence electrons. The number of carbonyl (C=O) groups excluding carboxylic acids is 1. The number of carbonyl (C=O) groups is 1. The minimum Gasteiger partial charge on any atom is -0.484 e. The van der Waals surface area contributed by atoms with Gasteiger partial charge in [-0.15, -0.1) is 0 Å². The summed E-state index contributed by atoms with van der Waals surface area (Å²) in [6, 6.07) is 18.9. The van der Waals surface area contributed by atoms with E-state index in [2.05, 4.69) is 5.32 Å². The first-order valence-corrected chi connectivity index (χ1v) is 11.7. The smallest absolute Gasteiger partial charge is 0.271 e. The van der Waals surface area contributed by atoms with Crippen LogP contribution in [0.4, 0.5) is 17.1 Å². The van der Waals surface area contributed by atoms with Crippen LogP contribution in [0.25, 0.3) is 0 Å². The molecule has 33 heavy (non-hydrogen) atoms. The van der Waals surface area contributed by atoms with E-state index in [9.17, 15) is 23.3 Å². The Labute approximate surface area is 190 Å². The van der Waals surface area contributed by atoms with Gasteiger partial charge >= 0.3 is 0 Å². The van der Waals surface area contributed by atoms with Gasteiger partial charge in [0.25, 0.3) is 21.6 Å². The number of hydrogen-bond acceptors (Lipinski definition) is 6. The minimum absolute atomic E-state index is 0.132. The zero-order valence-electron chi connectivity index (χ0n) is 17.5. The van der Waals surface area contributed by atoms with E-state index in [1.807, 2.05) is 24.3 Å². The predicted octanol–water partition coefficient (Wildman–Crippen LogP) is 3.75. The standard InChI is InChI=1S/C23H21N3O6S/c27-23(24-18-7-3-8-19(15-18)26(28)29)16-32-20-10-12-21(13-11-20)33(30,31)25-14-4-6-17-5-1-2-9-22(17)25/h1-3,5,7-13,15H,4,6,14,16H2,(H,24,27). The molecule has 0 unspecified atom stereocenters. The molecule has 0 aromatic heterocycles. The largest absolute Gasteiger partial charge is 0.484 e. The Bertz CT molecular complexity index is 1290. The van der Waals surface area contributed by atoms with E-state index in [-0.39, 0.29) is 22.9 Å². The maximum absolute atomic E-state index is 13.2. The molecular formula is C23H21N3O6S. The number of benzene rings is 3. The highest BCUT2D eigenvalue weighted by Gasteiger charge is 2.28.